The van der Waals surface area contributed by atoms with Crippen molar-refractivity contribution in [2.45, 2.75) is 39.8 Å². The van der Waals surface area contributed by atoms with E-state index in [9.17, 15) is 0 Å². The number of aromatic nitrogens is 1. The molecule has 0 bridgehead atoms. The normalized spacial score (nSPS) is 11.5. The van der Waals surface area contributed by atoms with E-state index in [0.717, 1.165) is 12.5 Å². The molecule has 92 valence electrons. The quantitative estimate of drug-likeness (QED) is 0.837. The van der Waals surface area contributed by atoms with Crippen LogP contribution in [-0.4, -0.2) is 4.57 Å². The molecule has 1 aromatic heterocycles. The molecule has 0 amide bonds. The summed E-state index contributed by atoms with van der Waals surface area (Å²) >= 11 is 0. The molecule has 2 nitrogen and oxygen atoms in total. The third-order valence-electron chi connectivity index (χ3n) is 3.70. The highest BCUT2D eigenvalue weighted by molar-refractivity contribution is 5.81. The lowest BCUT2D eigenvalue weighted by Gasteiger charge is -2.16. The Morgan fingerprint density at radius 3 is 2.53 bits per heavy atom. The highest BCUT2D eigenvalue weighted by Gasteiger charge is 2.11. The Balaban J connectivity index is 2.42. The van der Waals surface area contributed by atoms with Crippen molar-refractivity contribution in [3.05, 3.63) is 36.0 Å². The molecule has 0 aliphatic rings. The van der Waals surface area contributed by atoms with Crippen LogP contribution < -0.4 is 5.73 Å². The molecule has 0 saturated heterocycles. The fourth-order valence-electron chi connectivity index (χ4n) is 2.46. The third-order valence-corrected chi connectivity index (χ3v) is 3.70. The molecule has 0 spiro atoms. The Bertz CT molecular complexity index is 481. The van der Waals surface area contributed by atoms with Crippen LogP contribution in [0.5, 0.6) is 0 Å². The van der Waals surface area contributed by atoms with E-state index in [1.165, 1.54) is 29.4 Å². The van der Waals surface area contributed by atoms with Crippen LogP contribution in [0.15, 0.2) is 30.3 Å². The van der Waals surface area contributed by atoms with Crippen molar-refractivity contribution in [2.75, 3.05) is 0 Å². The number of fused-ring (bicyclic) bond motifs is 1. The molecule has 0 saturated carbocycles. The fraction of sp³-hybridized carbons (Fsp3) is 0.467. The second-order valence-corrected chi connectivity index (χ2v) is 4.69. The molecule has 0 radical (unpaired) electrons. The van der Waals surface area contributed by atoms with Gasteiger partial charge in [0.1, 0.15) is 0 Å². The summed E-state index contributed by atoms with van der Waals surface area (Å²) in [6.07, 6.45) is 2.46. The maximum Gasteiger partial charge on any atom is 0.0483 e. The maximum atomic E-state index is 5.85. The topological polar surface area (TPSA) is 30.9 Å². The predicted molar refractivity (Wildman–Crippen MR) is 73.9 cm³/mol. The van der Waals surface area contributed by atoms with Crippen molar-refractivity contribution < 1.29 is 0 Å². The number of hydrogen-bond acceptors (Lipinski definition) is 1. The summed E-state index contributed by atoms with van der Waals surface area (Å²) in [5.41, 5.74) is 8.42. The average molecular weight is 230 g/mol. The van der Waals surface area contributed by atoms with Crippen molar-refractivity contribution >= 4 is 10.9 Å². The molecular weight excluding hydrogens is 208 g/mol. The van der Waals surface area contributed by atoms with Crippen molar-refractivity contribution in [3.8, 4) is 0 Å². The van der Waals surface area contributed by atoms with Gasteiger partial charge < -0.3 is 10.3 Å². The summed E-state index contributed by atoms with van der Waals surface area (Å²) in [6, 6.07) is 10.8. The lowest BCUT2D eigenvalue weighted by atomic mass is 10.0. The first-order valence-electron chi connectivity index (χ1n) is 6.57. The zero-order chi connectivity index (χ0) is 12.3. The first-order valence-corrected chi connectivity index (χ1v) is 6.57. The van der Waals surface area contributed by atoms with Crippen LogP contribution in [0.25, 0.3) is 10.9 Å². The molecule has 0 atom stereocenters. The van der Waals surface area contributed by atoms with Gasteiger partial charge in [-0.2, -0.15) is 0 Å². The number of rotatable bonds is 5. The smallest absolute Gasteiger partial charge is 0.0483 e. The summed E-state index contributed by atoms with van der Waals surface area (Å²) in [5, 5.41) is 1.30. The minimum absolute atomic E-state index is 0.620. The van der Waals surface area contributed by atoms with Crippen LogP contribution in [0.1, 0.15) is 32.4 Å². The highest BCUT2D eigenvalue weighted by atomic mass is 15.0. The Morgan fingerprint density at radius 1 is 1.18 bits per heavy atom. The van der Waals surface area contributed by atoms with Gasteiger partial charge in [0.25, 0.3) is 0 Å². The second-order valence-electron chi connectivity index (χ2n) is 4.69. The van der Waals surface area contributed by atoms with Crippen molar-refractivity contribution in [1.82, 2.24) is 4.57 Å². The molecular formula is C15H22N2. The van der Waals surface area contributed by atoms with Gasteiger partial charge in [0.05, 0.1) is 0 Å². The van der Waals surface area contributed by atoms with E-state index in [-0.39, 0.29) is 0 Å². The van der Waals surface area contributed by atoms with Crippen LogP contribution in [0, 0.1) is 5.92 Å². The van der Waals surface area contributed by atoms with Gasteiger partial charge in [-0.05, 0) is 23.4 Å². The van der Waals surface area contributed by atoms with Gasteiger partial charge in [0.2, 0.25) is 0 Å². The van der Waals surface area contributed by atoms with E-state index >= 15 is 0 Å². The zero-order valence-corrected chi connectivity index (χ0v) is 10.8. The Morgan fingerprint density at radius 2 is 1.88 bits per heavy atom. The zero-order valence-electron chi connectivity index (χ0n) is 10.8. The maximum absolute atomic E-state index is 5.85. The number of para-hydroxylation sites is 1. The van der Waals surface area contributed by atoms with Crippen LogP contribution in [0.2, 0.25) is 0 Å². The summed E-state index contributed by atoms with van der Waals surface area (Å²) in [6.45, 7) is 6.24. The summed E-state index contributed by atoms with van der Waals surface area (Å²) in [5.74, 6) is 0.746. The molecule has 2 rings (SSSR count). The molecule has 2 aromatic rings. The molecule has 0 fully saturated rings. The number of hydrogen-bond donors (Lipinski definition) is 1. The van der Waals surface area contributed by atoms with E-state index in [1.807, 2.05) is 0 Å². The average Bonchev–Trinajstić information content (AvgIpc) is 2.73. The number of benzene rings is 1. The van der Waals surface area contributed by atoms with Crippen LogP contribution in [0.3, 0.4) is 0 Å². The van der Waals surface area contributed by atoms with Gasteiger partial charge in [0.15, 0.2) is 0 Å². The molecule has 1 aromatic carbocycles. The van der Waals surface area contributed by atoms with Crippen molar-refractivity contribution in [3.63, 3.8) is 0 Å². The monoisotopic (exact) mass is 230 g/mol. The number of nitrogens with two attached hydrogens (primary N) is 1. The van der Waals surface area contributed by atoms with E-state index in [1.54, 1.807) is 0 Å². The summed E-state index contributed by atoms with van der Waals surface area (Å²) in [7, 11) is 0. The highest BCUT2D eigenvalue weighted by Crippen LogP contribution is 2.22. The van der Waals surface area contributed by atoms with Gasteiger partial charge in [-0.25, -0.2) is 0 Å². The van der Waals surface area contributed by atoms with Crippen LogP contribution >= 0.6 is 0 Å². The van der Waals surface area contributed by atoms with Gasteiger partial charge in [-0.1, -0.05) is 44.9 Å². The van der Waals surface area contributed by atoms with E-state index in [2.05, 4.69) is 48.7 Å². The van der Waals surface area contributed by atoms with Crippen molar-refractivity contribution in [1.29, 1.82) is 0 Å². The SMILES string of the molecule is CCC(CC)Cn1c(CN)cc2ccccc21. The van der Waals surface area contributed by atoms with Gasteiger partial charge in [-0.15, -0.1) is 0 Å². The molecule has 0 aliphatic heterocycles. The fourth-order valence-corrected chi connectivity index (χ4v) is 2.46. The van der Waals surface area contributed by atoms with Crippen molar-refractivity contribution in [2.24, 2.45) is 11.7 Å². The molecule has 17 heavy (non-hydrogen) atoms. The van der Waals surface area contributed by atoms with E-state index in [0.29, 0.717) is 6.54 Å². The first kappa shape index (κ1) is 12.2. The Kier molecular flexibility index (Phi) is 3.85. The molecule has 1 heterocycles. The van der Waals surface area contributed by atoms with Crippen LogP contribution in [-0.2, 0) is 13.1 Å². The lowest BCUT2D eigenvalue weighted by Crippen LogP contribution is -2.13. The second kappa shape index (κ2) is 5.37. The molecule has 0 unspecified atom stereocenters. The molecule has 2 heteroatoms. The summed E-state index contributed by atoms with van der Waals surface area (Å²) < 4.78 is 2.40. The minimum atomic E-state index is 0.620. The third kappa shape index (κ3) is 2.37. The van der Waals surface area contributed by atoms with Crippen LogP contribution in [0.4, 0.5) is 0 Å². The van der Waals surface area contributed by atoms with E-state index in [4.69, 9.17) is 5.73 Å². The largest absolute Gasteiger partial charge is 0.343 e. The standard InChI is InChI=1S/C15H22N2/c1-3-12(4-2)11-17-14(10-16)9-13-7-5-6-8-15(13)17/h5-9,12H,3-4,10-11,16H2,1-2H3. The molecule has 2 N–H and O–H groups in total. The Labute approximate surface area is 103 Å². The summed E-state index contributed by atoms with van der Waals surface area (Å²) in [4.78, 5) is 0. The van der Waals surface area contributed by atoms with Gasteiger partial charge in [0, 0.05) is 24.3 Å². The predicted octanol–water partition coefficient (Wildman–Crippen LogP) is 3.54. The van der Waals surface area contributed by atoms with E-state index < -0.39 is 0 Å². The molecule has 0 aliphatic carbocycles. The first-order chi connectivity index (χ1) is 8.30. The van der Waals surface area contributed by atoms with Gasteiger partial charge >= 0.3 is 0 Å². The minimum Gasteiger partial charge on any atom is -0.343 e. The lowest BCUT2D eigenvalue weighted by molar-refractivity contribution is 0.419. The number of nitrogens with zero attached hydrogens (tertiary/aromatic N) is 1. The van der Waals surface area contributed by atoms with Gasteiger partial charge in [-0.3, -0.25) is 0 Å². The Hall–Kier alpha value is -1.28.